The lowest BCUT2D eigenvalue weighted by Gasteiger charge is -2.31. The third-order valence-electron chi connectivity index (χ3n) is 3.93. The number of carbonyl (C=O) groups excluding carboxylic acids is 2. The van der Waals surface area contributed by atoms with Crippen molar-refractivity contribution in [1.29, 1.82) is 0 Å². The van der Waals surface area contributed by atoms with Crippen LogP contribution in [-0.4, -0.2) is 94.1 Å². The quantitative estimate of drug-likeness (QED) is 0.582. The van der Waals surface area contributed by atoms with Crippen LogP contribution in [0.15, 0.2) is 0 Å². The molecule has 9 heteroatoms. The maximum Gasteiger partial charge on any atom is 0.312 e. The minimum absolute atomic E-state index is 0.0557. The molecule has 0 aromatic heterocycles. The molecule has 0 aliphatic carbocycles. The maximum absolute atomic E-state index is 12.5. The smallest absolute Gasteiger partial charge is 0.312 e. The average molecular weight is 334 g/mol. The molecule has 126 valence electrons. The normalized spacial score (nSPS) is 24.2. The van der Waals surface area contributed by atoms with Gasteiger partial charge in [0, 0.05) is 32.8 Å². The zero-order chi connectivity index (χ0) is 16.2. The molecule has 8 nitrogen and oxygen atoms in total. The van der Waals surface area contributed by atoms with Crippen molar-refractivity contribution in [1.82, 2.24) is 9.80 Å². The van der Waals surface area contributed by atoms with Crippen LogP contribution in [0, 0.1) is 0 Å². The van der Waals surface area contributed by atoms with E-state index in [-0.39, 0.29) is 24.7 Å². The molecule has 2 aliphatic heterocycles. The summed E-state index contributed by atoms with van der Waals surface area (Å²) in [5, 5.41) is 0. The summed E-state index contributed by atoms with van der Waals surface area (Å²) in [6, 6.07) is -0.447. The Hall–Kier alpha value is -1.19. The molecule has 0 bridgehead atoms. The Morgan fingerprint density at radius 2 is 2.00 bits per heavy atom. The van der Waals surface area contributed by atoms with Gasteiger partial charge in [-0.1, -0.05) is 0 Å². The van der Waals surface area contributed by atoms with Crippen LogP contribution in [0.4, 0.5) is 0 Å². The second kappa shape index (κ2) is 7.38. The lowest BCUT2D eigenvalue weighted by molar-refractivity contribution is -0.155. The zero-order valence-corrected chi connectivity index (χ0v) is 13.5. The molecular formula is C13H22N2O6S. The monoisotopic (exact) mass is 334 g/mol. The number of sulfone groups is 1. The number of amides is 2. The van der Waals surface area contributed by atoms with Crippen LogP contribution in [0.25, 0.3) is 0 Å². The second-order valence-electron chi connectivity index (χ2n) is 5.45. The molecule has 22 heavy (non-hydrogen) atoms. The summed E-state index contributed by atoms with van der Waals surface area (Å²) < 4.78 is 33.4. The summed E-state index contributed by atoms with van der Waals surface area (Å²) in [6.45, 7) is 2.06. The molecule has 0 aromatic carbocycles. The van der Waals surface area contributed by atoms with E-state index >= 15 is 0 Å². The number of nitrogens with zero attached hydrogens (tertiary/aromatic N) is 2. The van der Waals surface area contributed by atoms with Crippen molar-refractivity contribution in [2.75, 3.05) is 58.1 Å². The lowest BCUT2D eigenvalue weighted by atomic mass is 10.2. The standard InChI is InChI=1S/C13H22N2O6S/c1-20-6-5-15(11-2-9-22(18,19)10-11)13(17)12(16)14-3-7-21-8-4-14/h11H,2-10H2,1H3. The SMILES string of the molecule is COCCN(C(=O)C(=O)N1CCOCC1)C1CCS(=O)(=O)C1. The Kier molecular flexibility index (Phi) is 5.76. The molecule has 2 fully saturated rings. The number of morpholine rings is 1. The number of hydrogen-bond donors (Lipinski definition) is 0. The van der Waals surface area contributed by atoms with Crippen LogP contribution in [0.3, 0.4) is 0 Å². The van der Waals surface area contributed by atoms with E-state index in [0.717, 1.165) is 0 Å². The Balaban J connectivity index is 2.06. The third kappa shape index (κ3) is 4.17. The predicted molar refractivity (Wildman–Crippen MR) is 78.0 cm³/mol. The highest BCUT2D eigenvalue weighted by molar-refractivity contribution is 7.91. The maximum atomic E-state index is 12.5. The van der Waals surface area contributed by atoms with E-state index in [1.54, 1.807) is 0 Å². The Bertz CT molecular complexity index is 515. The van der Waals surface area contributed by atoms with E-state index in [4.69, 9.17) is 9.47 Å². The first-order valence-electron chi connectivity index (χ1n) is 7.31. The summed E-state index contributed by atoms with van der Waals surface area (Å²) in [7, 11) is -1.63. The Morgan fingerprint density at radius 3 is 2.55 bits per heavy atom. The number of rotatable bonds is 4. The largest absolute Gasteiger partial charge is 0.383 e. The van der Waals surface area contributed by atoms with Crippen molar-refractivity contribution in [2.45, 2.75) is 12.5 Å². The van der Waals surface area contributed by atoms with Crippen LogP contribution in [0.5, 0.6) is 0 Å². The summed E-state index contributed by atoms with van der Waals surface area (Å²) in [5.74, 6) is -1.27. The number of hydrogen-bond acceptors (Lipinski definition) is 6. The summed E-state index contributed by atoms with van der Waals surface area (Å²) >= 11 is 0. The van der Waals surface area contributed by atoms with E-state index in [0.29, 0.717) is 32.7 Å². The van der Waals surface area contributed by atoms with Gasteiger partial charge in [-0.25, -0.2) is 8.42 Å². The van der Waals surface area contributed by atoms with Crippen molar-refractivity contribution in [3.63, 3.8) is 0 Å². The van der Waals surface area contributed by atoms with Crippen molar-refractivity contribution in [2.24, 2.45) is 0 Å². The third-order valence-corrected chi connectivity index (χ3v) is 5.68. The van der Waals surface area contributed by atoms with Gasteiger partial charge in [0.15, 0.2) is 9.84 Å². The molecule has 0 aromatic rings. The molecule has 0 spiro atoms. The van der Waals surface area contributed by atoms with Gasteiger partial charge in [0.25, 0.3) is 0 Å². The van der Waals surface area contributed by atoms with Crippen molar-refractivity contribution >= 4 is 21.7 Å². The van der Waals surface area contributed by atoms with E-state index in [2.05, 4.69) is 0 Å². The van der Waals surface area contributed by atoms with Crippen molar-refractivity contribution in [3.05, 3.63) is 0 Å². The lowest BCUT2D eigenvalue weighted by Crippen LogP contribution is -2.53. The minimum atomic E-state index is -3.13. The fraction of sp³-hybridized carbons (Fsp3) is 0.846. The molecule has 1 unspecified atom stereocenters. The molecule has 2 aliphatic rings. The molecule has 0 radical (unpaired) electrons. The fourth-order valence-corrected chi connectivity index (χ4v) is 4.42. The highest BCUT2D eigenvalue weighted by Gasteiger charge is 2.38. The predicted octanol–water partition coefficient (Wildman–Crippen LogP) is -1.49. The number of ether oxygens (including phenoxy) is 2. The van der Waals surface area contributed by atoms with Gasteiger partial charge in [0.1, 0.15) is 0 Å². The van der Waals surface area contributed by atoms with E-state index < -0.39 is 27.7 Å². The Labute approximate surface area is 130 Å². The average Bonchev–Trinajstić information content (AvgIpc) is 2.87. The van der Waals surface area contributed by atoms with E-state index in [1.165, 1.54) is 16.9 Å². The van der Waals surface area contributed by atoms with Gasteiger partial charge in [0.05, 0.1) is 31.3 Å². The molecule has 2 rings (SSSR count). The molecule has 1 atom stereocenters. The molecule has 2 heterocycles. The van der Waals surface area contributed by atoms with Gasteiger partial charge in [-0.2, -0.15) is 0 Å². The number of carbonyl (C=O) groups is 2. The second-order valence-corrected chi connectivity index (χ2v) is 7.68. The summed E-state index contributed by atoms with van der Waals surface area (Å²) in [4.78, 5) is 27.6. The van der Waals surface area contributed by atoms with Crippen LogP contribution >= 0.6 is 0 Å². The van der Waals surface area contributed by atoms with E-state index in [1.807, 2.05) is 0 Å². The first-order valence-corrected chi connectivity index (χ1v) is 9.14. The van der Waals surface area contributed by atoms with Crippen molar-refractivity contribution < 1.29 is 27.5 Å². The van der Waals surface area contributed by atoms with Gasteiger partial charge in [-0.15, -0.1) is 0 Å². The van der Waals surface area contributed by atoms with Crippen LogP contribution < -0.4 is 0 Å². The molecule has 0 N–H and O–H groups in total. The van der Waals surface area contributed by atoms with Crippen molar-refractivity contribution in [3.8, 4) is 0 Å². The molecule has 2 amide bonds. The first kappa shape index (κ1) is 17.2. The fourth-order valence-electron chi connectivity index (χ4n) is 2.69. The molecular weight excluding hydrogens is 312 g/mol. The zero-order valence-electron chi connectivity index (χ0n) is 12.7. The molecule has 0 saturated carbocycles. The highest BCUT2D eigenvalue weighted by Crippen LogP contribution is 2.18. The van der Waals surface area contributed by atoms with E-state index in [9.17, 15) is 18.0 Å². The van der Waals surface area contributed by atoms with Gasteiger partial charge in [-0.05, 0) is 6.42 Å². The van der Waals surface area contributed by atoms with Crippen LogP contribution in [0.1, 0.15) is 6.42 Å². The van der Waals surface area contributed by atoms with Gasteiger partial charge >= 0.3 is 11.8 Å². The van der Waals surface area contributed by atoms with Gasteiger partial charge in [0.2, 0.25) is 0 Å². The van der Waals surface area contributed by atoms with Crippen LogP contribution in [0.2, 0.25) is 0 Å². The van der Waals surface area contributed by atoms with Gasteiger partial charge < -0.3 is 19.3 Å². The number of methoxy groups -OCH3 is 1. The topological polar surface area (TPSA) is 93.2 Å². The van der Waals surface area contributed by atoms with Crippen LogP contribution in [-0.2, 0) is 28.9 Å². The highest BCUT2D eigenvalue weighted by atomic mass is 32.2. The van der Waals surface area contributed by atoms with Gasteiger partial charge in [-0.3, -0.25) is 9.59 Å². The summed E-state index contributed by atoms with van der Waals surface area (Å²) in [5.41, 5.74) is 0. The summed E-state index contributed by atoms with van der Waals surface area (Å²) in [6.07, 6.45) is 0.369. The minimum Gasteiger partial charge on any atom is -0.383 e. The Morgan fingerprint density at radius 1 is 1.32 bits per heavy atom. The first-order chi connectivity index (χ1) is 10.4. The molecule has 2 saturated heterocycles.